The molecular weight excluding hydrogens is 479 g/mol. The molecule has 33 heavy (non-hydrogen) atoms. The number of aryl methyl sites for hydroxylation is 1. The van der Waals surface area contributed by atoms with E-state index in [4.69, 9.17) is 16.3 Å². The smallest absolute Gasteiger partial charge is 0.457 e. The molecule has 0 aliphatic heterocycles. The van der Waals surface area contributed by atoms with Gasteiger partial charge in [-0.05, 0) is 57.5 Å². The van der Waals surface area contributed by atoms with Crippen molar-refractivity contribution in [1.29, 1.82) is 0 Å². The lowest BCUT2D eigenvalue weighted by Gasteiger charge is -2.16. The van der Waals surface area contributed by atoms with Crippen molar-refractivity contribution in [3.63, 3.8) is 0 Å². The molecule has 0 saturated heterocycles. The molecule has 2 aromatic rings. The number of nitrogens with zero attached hydrogens (tertiary/aromatic N) is 3. The molecule has 180 valence electrons. The Balaban J connectivity index is 2.43. The van der Waals surface area contributed by atoms with E-state index in [2.05, 4.69) is 9.36 Å². The zero-order valence-electron chi connectivity index (χ0n) is 18.8. The molecule has 6 nitrogen and oxygen atoms in total. The van der Waals surface area contributed by atoms with Crippen molar-refractivity contribution in [2.24, 2.45) is 9.36 Å². The first-order valence-electron chi connectivity index (χ1n) is 9.97. The predicted octanol–water partition coefficient (Wildman–Crippen LogP) is 6.38. The molecule has 2 rings (SSSR count). The van der Waals surface area contributed by atoms with Gasteiger partial charge >= 0.3 is 12.1 Å². The molecule has 1 atom stereocenters. The number of aliphatic imine (C=N–C) groups is 1. The Kier molecular flexibility index (Phi) is 8.53. The summed E-state index contributed by atoms with van der Waals surface area (Å²) in [6.45, 7) is 7.41. The highest BCUT2D eigenvalue weighted by atomic mass is 35.5. The fourth-order valence-corrected chi connectivity index (χ4v) is 4.52. The van der Waals surface area contributed by atoms with Gasteiger partial charge in [-0.25, -0.2) is 9.20 Å². The Hall–Kier alpha value is -2.59. The van der Waals surface area contributed by atoms with Crippen LogP contribution in [0.25, 0.3) is 0 Å². The SMILES string of the molecule is CCN(C)C=Nc1cc(C)c(Oc2cccc(S(=O)(=NC(=O)C(F)(F)F)C(C)C)c2)cc1Cl. The van der Waals surface area contributed by atoms with Crippen LogP contribution < -0.4 is 4.74 Å². The van der Waals surface area contributed by atoms with Crippen molar-refractivity contribution in [3.8, 4) is 11.5 Å². The number of hydrogen-bond donors (Lipinski definition) is 0. The molecule has 1 unspecified atom stereocenters. The third kappa shape index (κ3) is 6.70. The summed E-state index contributed by atoms with van der Waals surface area (Å²) >= 11 is 6.32. The first-order chi connectivity index (χ1) is 15.3. The molecular formula is C22H25ClF3N3O3S. The van der Waals surface area contributed by atoms with E-state index >= 15 is 0 Å². The van der Waals surface area contributed by atoms with Gasteiger partial charge in [-0.1, -0.05) is 17.7 Å². The number of hydrogen-bond acceptors (Lipinski definition) is 4. The van der Waals surface area contributed by atoms with Crippen LogP contribution in [0.1, 0.15) is 26.3 Å². The molecule has 0 N–H and O–H groups in total. The maximum absolute atomic E-state index is 13.3. The minimum absolute atomic E-state index is 0.0415. The summed E-state index contributed by atoms with van der Waals surface area (Å²) in [5.41, 5.74) is 1.25. The molecule has 0 aliphatic carbocycles. The first kappa shape index (κ1) is 26.7. The normalized spacial score (nSPS) is 13.8. The molecule has 0 aliphatic rings. The summed E-state index contributed by atoms with van der Waals surface area (Å²) in [4.78, 5) is 17.6. The standard InChI is InChI=1S/C22H25ClF3N3O3S/c1-6-29(5)13-27-19-10-15(4)20(12-18(19)23)32-16-8-7-9-17(11-16)33(31,14(2)3)28-21(30)22(24,25)26/h7-14H,6H2,1-5H3. The van der Waals surface area contributed by atoms with Gasteiger partial charge in [0.1, 0.15) is 11.5 Å². The number of carbonyl (C=O) groups is 1. The quantitative estimate of drug-likeness (QED) is 0.325. The third-order valence-electron chi connectivity index (χ3n) is 4.61. The van der Waals surface area contributed by atoms with E-state index in [1.54, 1.807) is 31.5 Å². The van der Waals surface area contributed by atoms with E-state index in [1.807, 2.05) is 18.9 Å². The number of ether oxygens (including phenoxy) is 1. The van der Waals surface area contributed by atoms with Crippen LogP contribution in [0.2, 0.25) is 5.02 Å². The van der Waals surface area contributed by atoms with Gasteiger partial charge in [-0.3, -0.25) is 4.79 Å². The van der Waals surface area contributed by atoms with Crippen LogP contribution in [0.3, 0.4) is 0 Å². The first-order valence-corrected chi connectivity index (χ1v) is 11.9. The Morgan fingerprint density at radius 3 is 2.52 bits per heavy atom. The molecule has 0 spiro atoms. The molecule has 0 fully saturated rings. The minimum Gasteiger partial charge on any atom is -0.457 e. The van der Waals surface area contributed by atoms with Gasteiger partial charge in [0, 0.05) is 24.9 Å². The number of carbonyl (C=O) groups excluding carboxylic acids is 1. The molecule has 2 aromatic carbocycles. The highest BCUT2D eigenvalue weighted by Crippen LogP contribution is 2.35. The molecule has 0 heterocycles. The van der Waals surface area contributed by atoms with Gasteiger partial charge < -0.3 is 9.64 Å². The summed E-state index contributed by atoms with van der Waals surface area (Å²) in [5, 5.41) is -0.516. The van der Waals surface area contributed by atoms with Crippen molar-refractivity contribution >= 4 is 39.3 Å². The van der Waals surface area contributed by atoms with Gasteiger partial charge in [-0.2, -0.15) is 13.2 Å². The van der Waals surface area contributed by atoms with E-state index in [1.165, 1.54) is 32.0 Å². The average molecular weight is 504 g/mol. The summed E-state index contributed by atoms with van der Waals surface area (Å²) in [6.07, 6.45) is -3.56. The molecule has 0 bridgehead atoms. The summed E-state index contributed by atoms with van der Waals surface area (Å²) in [5.74, 6) is -1.80. The van der Waals surface area contributed by atoms with Gasteiger partial charge in [-0.15, -0.1) is 4.36 Å². The lowest BCUT2D eigenvalue weighted by molar-refractivity contribution is -0.169. The molecule has 0 saturated carbocycles. The van der Waals surface area contributed by atoms with E-state index in [0.717, 1.165) is 6.54 Å². The average Bonchev–Trinajstić information content (AvgIpc) is 2.74. The van der Waals surface area contributed by atoms with Crippen LogP contribution in [0.4, 0.5) is 18.9 Å². The van der Waals surface area contributed by atoms with E-state index in [0.29, 0.717) is 22.0 Å². The third-order valence-corrected chi connectivity index (χ3v) is 7.56. The largest absolute Gasteiger partial charge is 0.474 e. The zero-order valence-corrected chi connectivity index (χ0v) is 20.4. The van der Waals surface area contributed by atoms with Crippen LogP contribution in [0.15, 0.2) is 50.6 Å². The second kappa shape index (κ2) is 10.6. The topological polar surface area (TPSA) is 71.3 Å². The Morgan fingerprint density at radius 1 is 1.27 bits per heavy atom. The van der Waals surface area contributed by atoms with E-state index in [-0.39, 0.29) is 10.6 Å². The Bertz CT molecular complexity index is 1170. The number of halogens is 4. The van der Waals surface area contributed by atoms with E-state index in [9.17, 15) is 22.2 Å². The molecule has 0 aromatic heterocycles. The number of rotatable bonds is 7. The zero-order chi connectivity index (χ0) is 25.0. The van der Waals surface area contributed by atoms with Crippen molar-refractivity contribution in [3.05, 3.63) is 47.0 Å². The monoisotopic (exact) mass is 503 g/mol. The molecule has 0 radical (unpaired) electrons. The lowest BCUT2D eigenvalue weighted by Crippen LogP contribution is -2.24. The van der Waals surface area contributed by atoms with Gasteiger partial charge in [0.15, 0.2) is 0 Å². The molecule has 1 amide bonds. The minimum atomic E-state index is -5.21. The number of alkyl halides is 3. The maximum atomic E-state index is 13.3. The Labute approximate surface area is 196 Å². The van der Waals surface area contributed by atoms with Crippen molar-refractivity contribution in [2.75, 3.05) is 13.6 Å². The van der Waals surface area contributed by atoms with E-state index < -0.39 is 27.1 Å². The van der Waals surface area contributed by atoms with Gasteiger partial charge in [0.05, 0.1) is 31.7 Å². The fourth-order valence-electron chi connectivity index (χ4n) is 2.55. The predicted molar refractivity (Wildman–Crippen MR) is 124 cm³/mol. The summed E-state index contributed by atoms with van der Waals surface area (Å²) in [6, 6.07) is 8.98. The molecule has 11 heteroatoms. The van der Waals surface area contributed by atoms with Gasteiger partial charge in [0.25, 0.3) is 0 Å². The van der Waals surface area contributed by atoms with Crippen molar-refractivity contribution in [2.45, 2.75) is 44.0 Å². The highest BCUT2D eigenvalue weighted by molar-refractivity contribution is 7.94. The van der Waals surface area contributed by atoms with Crippen LogP contribution >= 0.6 is 11.6 Å². The highest BCUT2D eigenvalue weighted by Gasteiger charge is 2.40. The fraction of sp³-hybridized carbons (Fsp3) is 0.364. The lowest BCUT2D eigenvalue weighted by atomic mass is 10.2. The van der Waals surface area contributed by atoms with Crippen LogP contribution in [0, 0.1) is 6.92 Å². The van der Waals surface area contributed by atoms with Crippen molar-refractivity contribution in [1.82, 2.24) is 4.90 Å². The van der Waals surface area contributed by atoms with Crippen LogP contribution in [-0.4, -0.2) is 46.4 Å². The summed E-state index contributed by atoms with van der Waals surface area (Å²) in [7, 11) is -1.83. The number of benzene rings is 2. The second-order valence-electron chi connectivity index (χ2n) is 7.48. The second-order valence-corrected chi connectivity index (χ2v) is 10.6. The number of amides is 1. The van der Waals surface area contributed by atoms with Crippen molar-refractivity contribution < 1.29 is 26.9 Å². The summed E-state index contributed by atoms with van der Waals surface area (Å²) < 4.78 is 60.4. The maximum Gasteiger partial charge on any atom is 0.474 e. The van der Waals surface area contributed by atoms with Gasteiger partial charge in [0.2, 0.25) is 0 Å². The van der Waals surface area contributed by atoms with Crippen LogP contribution in [-0.2, 0) is 14.5 Å². The Morgan fingerprint density at radius 2 is 1.94 bits per heavy atom. The van der Waals surface area contributed by atoms with Crippen LogP contribution in [0.5, 0.6) is 11.5 Å².